The molecule has 3 heteroatoms. The minimum Gasteiger partial charge on any atom is -0.303 e. The van der Waals surface area contributed by atoms with E-state index >= 15 is 0 Å². The summed E-state index contributed by atoms with van der Waals surface area (Å²) in [6.45, 7) is 2.16. The van der Waals surface area contributed by atoms with Gasteiger partial charge in [-0.25, -0.2) is 0 Å². The lowest BCUT2D eigenvalue weighted by molar-refractivity contribution is -0.117. The fourth-order valence-electron chi connectivity index (χ4n) is 5.48. The Bertz CT molecular complexity index is 1100. The van der Waals surface area contributed by atoms with Crippen LogP contribution < -0.4 is 0 Å². The molecule has 2 unspecified atom stereocenters. The van der Waals surface area contributed by atoms with Gasteiger partial charge in [0.25, 0.3) is 0 Å². The first-order valence-electron chi connectivity index (χ1n) is 9.70. The van der Waals surface area contributed by atoms with Crippen LogP contribution in [-0.2, 0) is 20.4 Å². The molecule has 1 fully saturated rings. The van der Waals surface area contributed by atoms with Gasteiger partial charge in [-0.15, -0.1) is 0 Å². The molecule has 2 aromatic carbocycles. The molecule has 0 saturated heterocycles. The molecule has 28 heavy (non-hydrogen) atoms. The number of carbonyl (C=O) groups excluding carboxylic acids is 2. The maximum atomic E-state index is 12.7. The Morgan fingerprint density at radius 3 is 2.57 bits per heavy atom. The summed E-state index contributed by atoms with van der Waals surface area (Å²) < 4.78 is 0. The summed E-state index contributed by atoms with van der Waals surface area (Å²) in [4.78, 5) is 29.2. The smallest absolute Gasteiger partial charge is 0.134 e. The minimum atomic E-state index is -0.516. The maximum absolute atomic E-state index is 12.7. The largest absolute Gasteiger partial charge is 0.303 e. The second-order valence-corrected chi connectivity index (χ2v) is 8.20. The number of rotatable bonds is 3. The molecule has 1 aromatic heterocycles. The van der Waals surface area contributed by atoms with E-state index < -0.39 is 10.8 Å². The van der Waals surface area contributed by atoms with E-state index in [0.29, 0.717) is 19.3 Å². The van der Waals surface area contributed by atoms with Crippen LogP contribution in [0.5, 0.6) is 0 Å². The first-order chi connectivity index (χ1) is 13.6. The summed E-state index contributed by atoms with van der Waals surface area (Å²) in [5.41, 5.74) is 5.49. The Labute approximate surface area is 164 Å². The molecule has 0 amide bonds. The van der Waals surface area contributed by atoms with Crippen molar-refractivity contribution in [3.05, 3.63) is 78.0 Å². The van der Waals surface area contributed by atoms with Crippen molar-refractivity contribution in [2.75, 3.05) is 0 Å². The SMILES string of the molecule is CC12CC(=O)CC1(CC=O)c1cccnc1-c1ccc(-c3ccccc3)cc12. The molecule has 138 valence electrons. The monoisotopic (exact) mass is 367 g/mol. The third kappa shape index (κ3) is 2.13. The fourth-order valence-corrected chi connectivity index (χ4v) is 5.48. The highest BCUT2D eigenvalue weighted by molar-refractivity contribution is 5.92. The Kier molecular flexibility index (Phi) is 3.63. The van der Waals surface area contributed by atoms with Gasteiger partial charge in [-0.05, 0) is 34.4 Å². The Morgan fingerprint density at radius 2 is 1.79 bits per heavy atom. The second-order valence-electron chi connectivity index (χ2n) is 8.20. The number of aldehydes is 1. The molecule has 2 aliphatic rings. The molecule has 0 radical (unpaired) electrons. The molecule has 2 atom stereocenters. The number of pyridine rings is 1. The van der Waals surface area contributed by atoms with E-state index in [1.165, 1.54) is 0 Å². The fraction of sp³-hybridized carbons (Fsp3) is 0.240. The van der Waals surface area contributed by atoms with Crippen LogP contribution >= 0.6 is 0 Å². The van der Waals surface area contributed by atoms with Crippen molar-refractivity contribution in [1.82, 2.24) is 4.98 Å². The van der Waals surface area contributed by atoms with Gasteiger partial charge in [0.2, 0.25) is 0 Å². The number of hydrogen-bond acceptors (Lipinski definition) is 3. The number of aromatic nitrogens is 1. The van der Waals surface area contributed by atoms with Crippen LogP contribution in [0.15, 0.2) is 66.9 Å². The predicted octanol–water partition coefficient (Wildman–Crippen LogP) is 4.88. The number of hydrogen-bond donors (Lipinski definition) is 0. The van der Waals surface area contributed by atoms with Gasteiger partial charge in [-0.3, -0.25) is 9.78 Å². The summed E-state index contributed by atoms with van der Waals surface area (Å²) in [6.07, 6.45) is 3.96. The van der Waals surface area contributed by atoms with Gasteiger partial charge in [0.05, 0.1) is 5.69 Å². The first kappa shape index (κ1) is 17.1. The van der Waals surface area contributed by atoms with Gasteiger partial charge < -0.3 is 4.79 Å². The zero-order valence-corrected chi connectivity index (χ0v) is 15.8. The van der Waals surface area contributed by atoms with Crippen LogP contribution in [0, 0.1) is 0 Å². The Hall–Kier alpha value is -3.07. The van der Waals surface area contributed by atoms with E-state index in [1.807, 2.05) is 24.3 Å². The number of carbonyl (C=O) groups is 2. The number of Topliss-reactive ketones (excluding diaryl/α,β-unsaturated/α-hetero) is 1. The highest BCUT2D eigenvalue weighted by atomic mass is 16.1. The van der Waals surface area contributed by atoms with Gasteiger partial charge in [-0.1, -0.05) is 55.5 Å². The average molecular weight is 367 g/mol. The van der Waals surface area contributed by atoms with Crippen molar-refractivity contribution < 1.29 is 9.59 Å². The quantitative estimate of drug-likeness (QED) is 0.620. The molecule has 1 saturated carbocycles. The lowest BCUT2D eigenvalue weighted by Gasteiger charge is -2.48. The summed E-state index contributed by atoms with van der Waals surface area (Å²) in [5.74, 6) is 0.220. The molecule has 5 rings (SSSR count). The van der Waals surface area contributed by atoms with E-state index in [4.69, 9.17) is 0 Å². The molecule has 0 aliphatic heterocycles. The van der Waals surface area contributed by atoms with Crippen LogP contribution in [0.1, 0.15) is 37.3 Å². The number of fused-ring (bicyclic) bond motifs is 6. The van der Waals surface area contributed by atoms with Crippen molar-refractivity contribution in [2.24, 2.45) is 0 Å². The highest BCUT2D eigenvalue weighted by Gasteiger charge is 2.60. The van der Waals surface area contributed by atoms with Crippen LogP contribution in [0.2, 0.25) is 0 Å². The summed E-state index contributed by atoms with van der Waals surface area (Å²) >= 11 is 0. The van der Waals surface area contributed by atoms with Crippen molar-refractivity contribution in [3.63, 3.8) is 0 Å². The van der Waals surface area contributed by atoms with Crippen LogP contribution in [0.3, 0.4) is 0 Å². The normalized spacial score (nSPS) is 25.0. The lowest BCUT2D eigenvalue weighted by atomic mass is 9.54. The molecule has 2 aliphatic carbocycles. The predicted molar refractivity (Wildman–Crippen MR) is 109 cm³/mol. The number of nitrogens with zero attached hydrogens (tertiary/aromatic N) is 1. The van der Waals surface area contributed by atoms with E-state index in [-0.39, 0.29) is 5.78 Å². The summed E-state index contributed by atoms with van der Waals surface area (Å²) in [7, 11) is 0. The van der Waals surface area contributed by atoms with Gasteiger partial charge in [0.15, 0.2) is 0 Å². The molecular weight excluding hydrogens is 346 g/mol. The van der Waals surface area contributed by atoms with E-state index in [2.05, 4.69) is 48.3 Å². The maximum Gasteiger partial charge on any atom is 0.134 e. The van der Waals surface area contributed by atoms with Gasteiger partial charge in [-0.2, -0.15) is 0 Å². The van der Waals surface area contributed by atoms with Gasteiger partial charge in [0.1, 0.15) is 12.1 Å². The first-order valence-corrected chi connectivity index (χ1v) is 9.70. The van der Waals surface area contributed by atoms with Gasteiger partial charge >= 0.3 is 0 Å². The molecule has 0 spiro atoms. The lowest BCUT2D eigenvalue weighted by Crippen LogP contribution is -2.46. The zero-order valence-electron chi connectivity index (χ0n) is 15.8. The average Bonchev–Trinajstić information content (AvgIpc) is 3.00. The molecular formula is C25H21NO2. The van der Waals surface area contributed by atoms with E-state index in [0.717, 1.165) is 39.8 Å². The molecule has 0 N–H and O–H groups in total. The summed E-state index contributed by atoms with van der Waals surface area (Å²) in [6, 6.07) is 20.7. The molecule has 3 nitrogen and oxygen atoms in total. The van der Waals surface area contributed by atoms with Crippen molar-refractivity contribution in [1.29, 1.82) is 0 Å². The van der Waals surface area contributed by atoms with Crippen molar-refractivity contribution in [3.8, 4) is 22.4 Å². The van der Waals surface area contributed by atoms with Crippen LogP contribution in [-0.4, -0.2) is 17.1 Å². The Morgan fingerprint density at radius 1 is 0.964 bits per heavy atom. The molecule has 1 heterocycles. The highest BCUT2D eigenvalue weighted by Crippen LogP contribution is 2.62. The number of ketones is 1. The minimum absolute atomic E-state index is 0.220. The summed E-state index contributed by atoms with van der Waals surface area (Å²) in [5, 5.41) is 0. The number of benzene rings is 2. The van der Waals surface area contributed by atoms with E-state index in [1.54, 1.807) is 6.20 Å². The van der Waals surface area contributed by atoms with Crippen molar-refractivity contribution in [2.45, 2.75) is 37.0 Å². The Balaban J connectivity index is 1.83. The zero-order chi connectivity index (χ0) is 19.4. The molecule has 0 bridgehead atoms. The van der Waals surface area contributed by atoms with Crippen molar-refractivity contribution >= 4 is 12.1 Å². The van der Waals surface area contributed by atoms with Crippen LogP contribution in [0.25, 0.3) is 22.4 Å². The standard InChI is InChI=1S/C25H21NO2/c1-24-15-19(28)16-25(24,11-13-27)21-8-5-12-26-23(21)20-10-9-18(14-22(20)24)17-6-3-2-4-7-17/h2-10,12-14H,11,15-16H2,1H3. The van der Waals surface area contributed by atoms with Crippen LogP contribution in [0.4, 0.5) is 0 Å². The topological polar surface area (TPSA) is 47.0 Å². The van der Waals surface area contributed by atoms with Gasteiger partial charge in [0, 0.05) is 41.9 Å². The third-order valence-corrected chi connectivity index (χ3v) is 6.84. The van der Waals surface area contributed by atoms with E-state index in [9.17, 15) is 9.59 Å². The third-order valence-electron chi connectivity index (χ3n) is 6.84. The second kappa shape index (κ2) is 5.96. The molecule has 3 aromatic rings.